The van der Waals surface area contributed by atoms with E-state index in [0.29, 0.717) is 34.5 Å². The number of fused-ring (bicyclic) bond motifs is 1. The van der Waals surface area contributed by atoms with Gasteiger partial charge in [-0.25, -0.2) is 0 Å². The minimum atomic E-state index is -0.129. The minimum absolute atomic E-state index is 0.129. The van der Waals surface area contributed by atoms with Gasteiger partial charge in [-0.05, 0) is 55.5 Å². The fourth-order valence-electron chi connectivity index (χ4n) is 2.93. The van der Waals surface area contributed by atoms with E-state index in [1.807, 2.05) is 61.5 Å². The Morgan fingerprint density at radius 2 is 1.90 bits per heavy atom. The number of nitrogens with zero attached hydrogens (tertiary/aromatic N) is 4. The summed E-state index contributed by atoms with van der Waals surface area (Å²) in [5, 5.41) is 16.6. The van der Waals surface area contributed by atoms with Crippen molar-refractivity contribution in [3.05, 3.63) is 60.7 Å². The Morgan fingerprint density at radius 1 is 1.06 bits per heavy atom. The Hall–Kier alpha value is -3.59. The van der Waals surface area contributed by atoms with E-state index in [4.69, 9.17) is 9.47 Å². The number of thioether (sulfide) groups is 1. The third-order valence-electron chi connectivity index (χ3n) is 4.37. The van der Waals surface area contributed by atoms with E-state index in [0.717, 1.165) is 11.3 Å². The second-order valence-corrected chi connectivity index (χ2v) is 7.49. The number of rotatable bonds is 8. The van der Waals surface area contributed by atoms with Crippen molar-refractivity contribution in [3.8, 4) is 22.9 Å². The summed E-state index contributed by atoms with van der Waals surface area (Å²) in [5.74, 6) is 2.20. The van der Waals surface area contributed by atoms with E-state index in [9.17, 15) is 4.79 Å². The molecule has 1 N–H and O–H groups in total. The van der Waals surface area contributed by atoms with Crippen molar-refractivity contribution in [2.24, 2.45) is 0 Å². The zero-order chi connectivity index (χ0) is 21.6. The van der Waals surface area contributed by atoms with Crippen LogP contribution in [0.1, 0.15) is 6.92 Å². The van der Waals surface area contributed by atoms with E-state index < -0.39 is 0 Å². The lowest BCUT2D eigenvalue weighted by Gasteiger charge is -2.07. The highest BCUT2D eigenvalue weighted by atomic mass is 32.2. The quantitative estimate of drug-likeness (QED) is 0.419. The third-order valence-corrected chi connectivity index (χ3v) is 5.29. The number of aromatic nitrogens is 4. The summed E-state index contributed by atoms with van der Waals surface area (Å²) in [6.45, 7) is 2.56. The van der Waals surface area contributed by atoms with Crippen LogP contribution < -0.4 is 14.8 Å². The molecule has 4 aromatic rings. The Morgan fingerprint density at radius 3 is 2.68 bits per heavy atom. The van der Waals surface area contributed by atoms with Crippen molar-refractivity contribution in [2.45, 2.75) is 11.9 Å². The number of methoxy groups -OCH3 is 1. The molecule has 158 valence electrons. The van der Waals surface area contributed by atoms with Gasteiger partial charge in [0.1, 0.15) is 16.5 Å². The molecule has 4 rings (SSSR count). The number of hydrogen-bond donors (Lipinski definition) is 1. The molecule has 2 heterocycles. The topological polar surface area (TPSA) is 90.6 Å². The van der Waals surface area contributed by atoms with Crippen molar-refractivity contribution in [1.82, 2.24) is 19.8 Å². The first-order valence-corrected chi connectivity index (χ1v) is 10.7. The van der Waals surface area contributed by atoms with Crippen molar-refractivity contribution in [1.29, 1.82) is 0 Å². The second-order valence-electron chi connectivity index (χ2n) is 6.49. The van der Waals surface area contributed by atoms with Gasteiger partial charge in [0.2, 0.25) is 5.91 Å². The largest absolute Gasteiger partial charge is 0.497 e. The first-order chi connectivity index (χ1) is 15.2. The fourth-order valence-corrected chi connectivity index (χ4v) is 3.59. The smallest absolute Gasteiger partial charge is 0.234 e. The molecule has 0 bridgehead atoms. The molecule has 0 aliphatic rings. The number of benzene rings is 2. The summed E-state index contributed by atoms with van der Waals surface area (Å²) in [4.78, 5) is 12.3. The van der Waals surface area contributed by atoms with Crippen LogP contribution in [-0.4, -0.2) is 45.2 Å². The summed E-state index contributed by atoms with van der Waals surface area (Å²) in [5.41, 5.74) is 2.19. The molecule has 31 heavy (non-hydrogen) atoms. The van der Waals surface area contributed by atoms with E-state index >= 15 is 0 Å². The Bertz CT molecular complexity index is 1190. The lowest BCUT2D eigenvalue weighted by molar-refractivity contribution is -0.113. The zero-order valence-electron chi connectivity index (χ0n) is 17.1. The Balaban J connectivity index is 1.46. The summed E-state index contributed by atoms with van der Waals surface area (Å²) in [6, 6.07) is 18.5. The molecule has 0 aliphatic carbocycles. The van der Waals surface area contributed by atoms with Crippen LogP contribution >= 0.6 is 11.8 Å². The average molecular weight is 436 g/mol. The lowest BCUT2D eigenvalue weighted by Crippen LogP contribution is -2.14. The van der Waals surface area contributed by atoms with Crippen LogP contribution in [0.15, 0.2) is 65.7 Å². The van der Waals surface area contributed by atoms with Gasteiger partial charge in [0.05, 0.1) is 19.5 Å². The van der Waals surface area contributed by atoms with Gasteiger partial charge in [-0.1, -0.05) is 17.8 Å². The molecule has 0 radical (unpaired) electrons. The van der Waals surface area contributed by atoms with Gasteiger partial charge in [0, 0.05) is 17.3 Å². The average Bonchev–Trinajstić information content (AvgIpc) is 3.22. The van der Waals surface area contributed by atoms with Crippen LogP contribution in [0.3, 0.4) is 0 Å². The van der Waals surface area contributed by atoms with Crippen molar-refractivity contribution in [3.63, 3.8) is 0 Å². The summed E-state index contributed by atoms with van der Waals surface area (Å²) < 4.78 is 12.3. The molecule has 8 nitrogen and oxygen atoms in total. The van der Waals surface area contributed by atoms with E-state index in [1.54, 1.807) is 17.7 Å². The Labute approximate surface area is 183 Å². The van der Waals surface area contributed by atoms with Crippen molar-refractivity contribution in [2.75, 3.05) is 24.8 Å². The molecule has 0 aliphatic heterocycles. The van der Waals surface area contributed by atoms with E-state index in [1.165, 1.54) is 11.8 Å². The summed E-state index contributed by atoms with van der Waals surface area (Å²) in [6.07, 6.45) is 0. The van der Waals surface area contributed by atoms with Crippen LogP contribution in [0.5, 0.6) is 11.5 Å². The third kappa shape index (κ3) is 4.95. The molecule has 0 spiro atoms. The van der Waals surface area contributed by atoms with Crippen LogP contribution in [0.2, 0.25) is 0 Å². The predicted octanol–water partition coefficient (Wildman–Crippen LogP) is 3.93. The number of nitrogens with one attached hydrogen (secondary N) is 1. The van der Waals surface area contributed by atoms with Crippen LogP contribution in [0.25, 0.3) is 17.0 Å². The zero-order valence-corrected chi connectivity index (χ0v) is 17.9. The molecule has 2 aromatic heterocycles. The molecule has 1 amide bonds. The summed E-state index contributed by atoms with van der Waals surface area (Å²) in [7, 11) is 1.59. The van der Waals surface area contributed by atoms with Gasteiger partial charge in [0.15, 0.2) is 11.5 Å². The second kappa shape index (κ2) is 9.48. The van der Waals surface area contributed by atoms with Gasteiger partial charge in [-0.3, -0.25) is 4.79 Å². The maximum atomic E-state index is 12.3. The molecule has 9 heteroatoms. The van der Waals surface area contributed by atoms with E-state index in [-0.39, 0.29) is 11.7 Å². The lowest BCUT2D eigenvalue weighted by atomic mass is 10.2. The number of carbonyl (C=O) groups excluding carboxylic acids is 1. The number of carbonyl (C=O) groups is 1. The molecular weight excluding hydrogens is 414 g/mol. The first-order valence-electron chi connectivity index (χ1n) is 9.68. The van der Waals surface area contributed by atoms with Gasteiger partial charge >= 0.3 is 0 Å². The molecule has 0 unspecified atom stereocenters. The molecule has 0 saturated carbocycles. The van der Waals surface area contributed by atoms with E-state index in [2.05, 4.69) is 20.6 Å². The van der Waals surface area contributed by atoms with Crippen LogP contribution in [0, 0.1) is 0 Å². The SMILES string of the molecule is CCOc1ccc(-c2nnc3ccc(SCC(=O)Nc4cccc(OC)c4)nn23)cc1. The molecular formula is C22H21N5O3S. The molecule has 0 saturated heterocycles. The molecule has 0 atom stereocenters. The fraction of sp³-hybridized carbons (Fsp3) is 0.182. The van der Waals surface area contributed by atoms with Crippen LogP contribution in [0.4, 0.5) is 5.69 Å². The first kappa shape index (κ1) is 20.7. The van der Waals surface area contributed by atoms with Crippen molar-refractivity contribution >= 4 is 29.0 Å². The standard InChI is InChI=1S/C22H21N5O3S/c1-3-30-17-9-7-15(8-10-17)22-25-24-19-11-12-21(26-27(19)22)31-14-20(28)23-16-5-4-6-18(13-16)29-2/h4-13H,3,14H2,1-2H3,(H,23,28). The number of hydrogen-bond acceptors (Lipinski definition) is 7. The number of anilines is 1. The highest BCUT2D eigenvalue weighted by Gasteiger charge is 2.12. The van der Waals surface area contributed by atoms with Gasteiger partial charge in [-0.15, -0.1) is 10.2 Å². The minimum Gasteiger partial charge on any atom is -0.497 e. The molecule has 0 fully saturated rings. The van der Waals surface area contributed by atoms with Gasteiger partial charge in [-0.2, -0.15) is 9.61 Å². The highest BCUT2D eigenvalue weighted by molar-refractivity contribution is 7.99. The predicted molar refractivity (Wildman–Crippen MR) is 120 cm³/mol. The van der Waals surface area contributed by atoms with Crippen LogP contribution in [-0.2, 0) is 4.79 Å². The number of ether oxygens (including phenoxy) is 2. The van der Waals surface area contributed by atoms with Gasteiger partial charge in [0.25, 0.3) is 0 Å². The number of amides is 1. The maximum Gasteiger partial charge on any atom is 0.234 e. The normalized spacial score (nSPS) is 10.8. The monoisotopic (exact) mass is 435 g/mol. The highest BCUT2D eigenvalue weighted by Crippen LogP contribution is 2.23. The maximum absolute atomic E-state index is 12.3. The van der Waals surface area contributed by atoms with Crippen molar-refractivity contribution < 1.29 is 14.3 Å². The Kier molecular flexibility index (Phi) is 6.32. The molecule has 2 aromatic carbocycles. The summed E-state index contributed by atoms with van der Waals surface area (Å²) >= 11 is 1.34. The van der Waals surface area contributed by atoms with Gasteiger partial charge < -0.3 is 14.8 Å².